The third-order valence-electron chi connectivity index (χ3n) is 3.97. The van der Waals surface area contributed by atoms with Crippen LogP contribution in [0.5, 0.6) is 0 Å². The van der Waals surface area contributed by atoms with Gasteiger partial charge in [-0.2, -0.15) is 0 Å². The third kappa shape index (κ3) is 2.96. The molecule has 0 aliphatic carbocycles. The highest BCUT2D eigenvalue weighted by atomic mass is 79.9. The number of piperazine rings is 1. The van der Waals surface area contributed by atoms with E-state index in [2.05, 4.69) is 52.0 Å². The summed E-state index contributed by atoms with van der Waals surface area (Å²) in [6, 6.07) is 2.55. The van der Waals surface area contributed by atoms with Crippen molar-refractivity contribution in [2.45, 2.75) is 25.9 Å². The first-order chi connectivity index (χ1) is 9.43. The van der Waals surface area contributed by atoms with Gasteiger partial charge < -0.3 is 10.2 Å². The molecule has 6 heteroatoms. The van der Waals surface area contributed by atoms with Crippen molar-refractivity contribution in [3.63, 3.8) is 0 Å². The van der Waals surface area contributed by atoms with E-state index in [0.717, 1.165) is 17.6 Å². The Kier molecular flexibility index (Phi) is 4.65. The van der Waals surface area contributed by atoms with Crippen LogP contribution in [0.15, 0.2) is 16.7 Å². The first-order valence-electron chi connectivity index (χ1n) is 6.78. The summed E-state index contributed by atoms with van der Waals surface area (Å²) < 4.78 is 0.815. The van der Waals surface area contributed by atoms with Crippen molar-refractivity contribution in [1.29, 1.82) is 0 Å². The Balaban J connectivity index is 2.25. The van der Waals surface area contributed by atoms with Gasteiger partial charge in [0.2, 0.25) is 0 Å². The Hall–Kier alpha value is -1.14. The minimum absolute atomic E-state index is 0.0370. The second-order valence-electron chi connectivity index (χ2n) is 5.37. The van der Waals surface area contributed by atoms with Gasteiger partial charge in [-0.3, -0.25) is 9.69 Å². The van der Waals surface area contributed by atoms with E-state index >= 15 is 0 Å². The topological polar surface area (TPSA) is 48.5 Å². The number of anilines is 1. The number of nitrogens with one attached hydrogen (secondary N) is 1. The summed E-state index contributed by atoms with van der Waals surface area (Å²) in [4.78, 5) is 21.2. The van der Waals surface area contributed by atoms with Gasteiger partial charge in [0.15, 0.2) is 0 Å². The van der Waals surface area contributed by atoms with Gasteiger partial charge in [-0.05, 0) is 42.9 Å². The molecule has 0 bridgehead atoms. The lowest BCUT2D eigenvalue weighted by Gasteiger charge is -2.42. The summed E-state index contributed by atoms with van der Waals surface area (Å²) in [5.74, 6) is 0.660. The molecule has 5 nitrogen and oxygen atoms in total. The van der Waals surface area contributed by atoms with Crippen molar-refractivity contribution in [3.05, 3.63) is 22.3 Å². The van der Waals surface area contributed by atoms with Crippen LogP contribution in [0.1, 0.15) is 24.2 Å². The predicted octanol–water partition coefficient (Wildman–Crippen LogP) is 2.05. The van der Waals surface area contributed by atoms with E-state index in [1.807, 2.05) is 11.0 Å². The van der Waals surface area contributed by atoms with Gasteiger partial charge in [-0.25, -0.2) is 4.98 Å². The molecule has 2 atom stereocenters. The average Bonchev–Trinajstić information content (AvgIpc) is 2.43. The van der Waals surface area contributed by atoms with Crippen molar-refractivity contribution in [3.8, 4) is 0 Å². The third-order valence-corrected chi connectivity index (χ3v) is 4.40. The molecule has 2 heterocycles. The van der Waals surface area contributed by atoms with Crippen molar-refractivity contribution >= 4 is 27.7 Å². The van der Waals surface area contributed by atoms with E-state index in [1.54, 1.807) is 13.2 Å². The normalized spacial score (nSPS) is 23.8. The molecule has 1 N–H and O–H groups in total. The van der Waals surface area contributed by atoms with Crippen molar-refractivity contribution in [1.82, 2.24) is 14.8 Å². The number of pyridine rings is 1. The summed E-state index contributed by atoms with van der Waals surface area (Å²) >= 11 is 3.38. The molecule has 2 rings (SSSR count). The fourth-order valence-corrected chi connectivity index (χ4v) is 2.87. The second-order valence-corrected chi connectivity index (χ2v) is 6.29. The molecule has 0 saturated carbocycles. The Morgan fingerprint density at radius 3 is 2.55 bits per heavy atom. The fourth-order valence-electron chi connectivity index (χ4n) is 2.54. The molecule has 1 aromatic heterocycles. The van der Waals surface area contributed by atoms with E-state index in [0.29, 0.717) is 23.5 Å². The van der Waals surface area contributed by atoms with Crippen LogP contribution >= 0.6 is 15.9 Å². The number of halogens is 1. The van der Waals surface area contributed by atoms with Gasteiger partial charge in [-0.1, -0.05) is 0 Å². The van der Waals surface area contributed by atoms with Crippen LogP contribution in [-0.4, -0.2) is 60.0 Å². The molecular weight excluding hydrogens is 320 g/mol. The lowest BCUT2D eigenvalue weighted by Crippen LogP contribution is -2.56. The largest absolute Gasteiger partial charge is 0.372 e. The van der Waals surface area contributed by atoms with Gasteiger partial charge >= 0.3 is 0 Å². The van der Waals surface area contributed by atoms with Crippen LogP contribution in [0.4, 0.5) is 5.82 Å². The Labute approximate surface area is 128 Å². The smallest absolute Gasteiger partial charge is 0.257 e. The quantitative estimate of drug-likeness (QED) is 0.895. The van der Waals surface area contributed by atoms with E-state index in [-0.39, 0.29) is 5.91 Å². The molecule has 20 heavy (non-hydrogen) atoms. The average molecular weight is 341 g/mol. The van der Waals surface area contributed by atoms with Crippen molar-refractivity contribution in [2.24, 2.45) is 0 Å². The molecule has 2 unspecified atom stereocenters. The van der Waals surface area contributed by atoms with Gasteiger partial charge in [0.25, 0.3) is 5.91 Å². The molecule has 1 saturated heterocycles. The number of aromatic nitrogens is 1. The molecule has 110 valence electrons. The minimum Gasteiger partial charge on any atom is -0.372 e. The molecule has 0 radical (unpaired) electrons. The van der Waals surface area contributed by atoms with Gasteiger partial charge in [-0.15, -0.1) is 0 Å². The molecule has 1 aliphatic rings. The van der Waals surface area contributed by atoms with Gasteiger partial charge in [0.05, 0.1) is 5.56 Å². The molecule has 0 spiro atoms. The van der Waals surface area contributed by atoms with Gasteiger partial charge in [0.1, 0.15) is 5.82 Å². The summed E-state index contributed by atoms with van der Waals surface area (Å²) in [6.07, 6.45) is 1.69. The lowest BCUT2D eigenvalue weighted by molar-refractivity contribution is 0.0414. The number of nitrogens with zero attached hydrogens (tertiary/aromatic N) is 3. The highest BCUT2D eigenvalue weighted by Gasteiger charge is 2.30. The SMILES string of the molecule is CNc1ncc(Br)cc1C(=O)N1CC(C)N(C)C(C)C1. The molecule has 1 aromatic rings. The molecular formula is C14H21BrN4O. The number of hydrogen-bond donors (Lipinski definition) is 1. The first-order valence-corrected chi connectivity index (χ1v) is 7.57. The maximum Gasteiger partial charge on any atom is 0.257 e. The Morgan fingerprint density at radius 1 is 1.40 bits per heavy atom. The number of amides is 1. The zero-order valence-electron chi connectivity index (χ0n) is 12.4. The van der Waals surface area contributed by atoms with Crippen LogP contribution < -0.4 is 5.32 Å². The van der Waals surface area contributed by atoms with Crippen LogP contribution in [0, 0.1) is 0 Å². The van der Waals surface area contributed by atoms with Crippen LogP contribution in [0.25, 0.3) is 0 Å². The first kappa shape index (κ1) is 15.3. The molecule has 1 fully saturated rings. The summed E-state index contributed by atoms with van der Waals surface area (Å²) in [5.41, 5.74) is 0.617. The highest BCUT2D eigenvalue weighted by Crippen LogP contribution is 2.22. The van der Waals surface area contributed by atoms with Crippen LogP contribution in [-0.2, 0) is 0 Å². The second kappa shape index (κ2) is 6.10. The maximum absolute atomic E-state index is 12.7. The van der Waals surface area contributed by atoms with E-state index in [4.69, 9.17) is 0 Å². The zero-order valence-corrected chi connectivity index (χ0v) is 13.9. The summed E-state index contributed by atoms with van der Waals surface area (Å²) in [5, 5.41) is 2.98. The van der Waals surface area contributed by atoms with E-state index < -0.39 is 0 Å². The van der Waals surface area contributed by atoms with E-state index in [9.17, 15) is 4.79 Å². The fraction of sp³-hybridized carbons (Fsp3) is 0.571. The highest BCUT2D eigenvalue weighted by molar-refractivity contribution is 9.10. The summed E-state index contributed by atoms with van der Waals surface area (Å²) in [6.45, 7) is 5.78. The standard InChI is InChI=1S/C14H21BrN4O/c1-9-7-19(8-10(2)18(9)4)14(20)12-5-11(15)6-17-13(12)16-3/h5-6,9-10H,7-8H2,1-4H3,(H,16,17). The zero-order chi connectivity index (χ0) is 14.9. The Morgan fingerprint density at radius 2 is 2.00 bits per heavy atom. The lowest BCUT2D eigenvalue weighted by atomic mass is 10.1. The van der Waals surface area contributed by atoms with Crippen molar-refractivity contribution < 1.29 is 4.79 Å². The number of rotatable bonds is 2. The molecule has 1 amide bonds. The maximum atomic E-state index is 12.7. The van der Waals surface area contributed by atoms with Gasteiger partial charge in [0, 0.05) is 42.9 Å². The van der Waals surface area contributed by atoms with Crippen LogP contribution in [0.2, 0.25) is 0 Å². The molecule has 1 aliphatic heterocycles. The van der Waals surface area contributed by atoms with Crippen molar-refractivity contribution in [2.75, 3.05) is 32.5 Å². The number of carbonyl (C=O) groups excluding carboxylic acids is 1. The molecule has 0 aromatic carbocycles. The number of carbonyl (C=O) groups is 1. The Bertz CT molecular complexity index is 496. The predicted molar refractivity (Wildman–Crippen MR) is 84.1 cm³/mol. The number of hydrogen-bond acceptors (Lipinski definition) is 4. The monoisotopic (exact) mass is 340 g/mol. The summed E-state index contributed by atoms with van der Waals surface area (Å²) in [7, 11) is 3.89. The number of likely N-dealkylation sites (N-methyl/N-ethyl adjacent to an activating group) is 1. The van der Waals surface area contributed by atoms with Crippen LogP contribution in [0.3, 0.4) is 0 Å². The van der Waals surface area contributed by atoms with E-state index in [1.165, 1.54) is 0 Å². The minimum atomic E-state index is 0.0370.